The summed E-state index contributed by atoms with van der Waals surface area (Å²) in [4.78, 5) is 4.33. The molecule has 136 valence electrons. The third-order valence-corrected chi connectivity index (χ3v) is 4.91. The SMILES string of the molecule is CCCCCCCCCCCCc1cncc[n+]1Cc1ccccc1. The number of unbranched alkanes of at least 4 members (excludes halogenated alkanes) is 9. The van der Waals surface area contributed by atoms with E-state index in [0.29, 0.717) is 0 Å². The molecule has 0 saturated carbocycles. The van der Waals surface area contributed by atoms with Gasteiger partial charge in [-0.05, 0) is 6.42 Å². The highest BCUT2D eigenvalue weighted by molar-refractivity contribution is 5.13. The molecule has 0 N–H and O–H groups in total. The van der Waals surface area contributed by atoms with Gasteiger partial charge in [0.15, 0.2) is 18.4 Å². The topological polar surface area (TPSA) is 16.8 Å². The van der Waals surface area contributed by atoms with Crippen LogP contribution in [-0.4, -0.2) is 4.98 Å². The Morgan fingerprint density at radius 1 is 0.800 bits per heavy atom. The largest absolute Gasteiger partial charge is 0.252 e. The molecule has 2 aromatic rings. The first-order chi connectivity index (χ1) is 12.4. The number of nitrogens with zero attached hydrogens (tertiary/aromatic N) is 2. The van der Waals surface area contributed by atoms with E-state index in [2.05, 4.69) is 53.0 Å². The van der Waals surface area contributed by atoms with Crippen molar-refractivity contribution in [1.82, 2.24) is 4.98 Å². The predicted octanol–water partition coefficient (Wildman–Crippen LogP) is 5.88. The first-order valence-electron chi connectivity index (χ1n) is 10.3. The molecule has 2 heteroatoms. The van der Waals surface area contributed by atoms with Gasteiger partial charge in [0, 0.05) is 12.0 Å². The Labute approximate surface area is 154 Å². The number of hydrogen-bond acceptors (Lipinski definition) is 1. The molecule has 1 heterocycles. The summed E-state index contributed by atoms with van der Waals surface area (Å²) in [6, 6.07) is 10.7. The minimum atomic E-state index is 0.941. The number of hydrogen-bond donors (Lipinski definition) is 0. The van der Waals surface area contributed by atoms with E-state index in [1.807, 2.05) is 12.4 Å². The van der Waals surface area contributed by atoms with Gasteiger partial charge in [0.2, 0.25) is 0 Å². The Balaban J connectivity index is 1.63. The molecule has 0 aliphatic heterocycles. The Kier molecular flexibility index (Phi) is 9.92. The number of benzene rings is 1. The zero-order valence-corrected chi connectivity index (χ0v) is 16.0. The van der Waals surface area contributed by atoms with Crippen molar-refractivity contribution in [2.45, 2.75) is 84.1 Å². The average Bonchev–Trinajstić information content (AvgIpc) is 2.65. The van der Waals surface area contributed by atoms with Gasteiger partial charge < -0.3 is 0 Å². The standard InChI is InChI=1S/C23H35N2/c1-2-3-4-5-6-7-8-9-10-14-17-23-20-24-18-19-25(23)21-22-15-12-11-13-16-22/h11-13,15-16,18-20H,2-10,14,17,21H2,1H3/q+1. The fourth-order valence-corrected chi connectivity index (χ4v) is 3.35. The maximum absolute atomic E-state index is 4.33. The van der Waals surface area contributed by atoms with Crippen molar-refractivity contribution in [3.05, 3.63) is 60.2 Å². The lowest BCUT2D eigenvalue weighted by Gasteiger charge is -2.04. The van der Waals surface area contributed by atoms with Gasteiger partial charge in [-0.2, -0.15) is 4.57 Å². The van der Waals surface area contributed by atoms with Crippen LogP contribution < -0.4 is 4.57 Å². The summed E-state index contributed by atoms with van der Waals surface area (Å²) in [5.41, 5.74) is 2.70. The second kappa shape index (κ2) is 12.6. The van der Waals surface area contributed by atoms with Crippen LogP contribution in [0.1, 0.15) is 82.4 Å². The van der Waals surface area contributed by atoms with E-state index < -0.39 is 0 Å². The molecule has 0 bridgehead atoms. The molecule has 0 fully saturated rings. The van der Waals surface area contributed by atoms with E-state index >= 15 is 0 Å². The maximum Gasteiger partial charge on any atom is 0.200 e. The van der Waals surface area contributed by atoms with Gasteiger partial charge >= 0.3 is 0 Å². The Bertz CT molecular complexity index is 565. The van der Waals surface area contributed by atoms with Crippen LogP contribution in [-0.2, 0) is 13.0 Å². The molecule has 2 nitrogen and oxygen atoms in total. The molecule has 0 amide bonds. The van der Waals surface area contributed by atoms with Gasteiger partial charge in [0.05, 0.1) is 12.4 Å². The highest BCUT2D eigenvalue weighted by Crippen LogP contribution is 2.11. The number of aromatic nitrogens is 2. The lowest BCUT2D eigenvalue weighted by Crippen LogP contribution is -2.38. The third kappa shape index (κ3) is 8.29. The first-order valence-corrected chi connectivity index (χ1v) is 10.3. The molecule has 1 aromatic carbocycles. The number of rotatable bonds is 13. The van der Waals surface area contributed by atoms with Crippen molar-refractivity contribution >= 4 is 0 Å². The molecular formula is C23H35N2+. The Hall–Kier alpha value is -1.70. The molecule has 0 spiro atoms. The van der Waals surface area contributed by atoms with Crippen molar-refractivity contribution in [2.75, 3.05) is 0 Å². The van der Waals surface area contributed by atoms with Gasteiger partial charge in [-0.15, -0.1) is 0 Å². The minimum Gasteiger partial charge on any atom is -0.252 e. The van der Waals surface area contributed by atoms with Crippen LogP contribution in [0, 0.1) is 0 Å². The van der Waals surface area contributed by atoms with Crippen LogP contribution in [0.2, 0.25) is 0 Å². The van der Waals surface area contributed by atoms with E-state index in [1.165, 1.54) is 75.5 Å². The summed E-state index contributed by atoms with van der Waals surface area (Å²) in [6.07, 6.45) is 21.1. The Morgan fingerprint density at radius 3 is 2.12 bits per heavy atom. The van der Waals surface area contributed by atoms with Crippen molar-refractivity contribution in [3.8, 4) is 0 Å². The fraction of sp³-hybridized carbons (Fsp3) is 0.565. The minimum absolute atomic E-state index is 0.941. The molecule has 0 atom stereocenters. The molecule has 1 aromatic heterocycles. The quantitative estimate of drug-likeness (QED) is 0.329. The van der Waals surface area contributed by atoms with Crippen LogP contribution in [0.25, 0.3) is 0 Å². The van der Waals surface area contributed by atoms with Gasteiger partial charge in [0.25, 0.3) is 0 Å². The summed E-state index contributed by atoms with van der Waals surface area (Å²) in [5, 5.41) is 0. The summed E-state index contributed by atoms with van der Waals surface area (Å²) < 4.78 is 2.34. The van der Waals surface area contributed by atoms with E-state index in [4.69, 9.17) is 0 Å². The molecule has 2 rings (SSSR count). The molecule has 0 aliphatic carbocycles. The van der Waals surface area contributed by atoms with Gasteiger partial charge in [-0.1, -0.05) is 95.0 Å². The molecule has 25 heavy (non-hydrogen) atoms. The zero-order chi connectivity index (χ0) is 17.6. The van der Waals surface area contributed by atoms with E-state index in [-0.39, 0.29) is 0 Å². The average molecular weight is 340 g/mol. The molecule has 0 radical (unpaired) electrons. The second-order valence-corrected chi connectivity index (χ2v) is 7.11. The van der Waals surface area contributed by atoms with Gasteiger partial charge in [-0.3, -0.25) is 4.98 Å². The highest BCUT2D eigenvalue weighted by atomic mass is 15.0. The second-order valence-electron chi connectivity index (χ2n) is 7.11. The van der Waals surface area contributed by atoms with E-state index in [9.17, 15) is 0 Å². The van der Waals surface area contributed by atoms with E-state index in [1.54, 1.807) is 0 Å². The van der Waals surface area contributed by atoms with Crippen molar-refractivity contribution < 1.29 is 4.57 Å². The Morgan fingerprint density at radius 2 is 1.44 bits per heavy atom. The molecule has 0 unspecified atom stereocenters. The first kappa shape index (κ1) is 19.6. The monoisotopic (exact) mass is 339 g/mol. The van der Waals surface area contributed by atoms with Gasteiger partial charge in [0.1, 0.15) is 0 Å². The van der Waals surface area contributed by atoms with Crippen molar-refractivity contribution in [3.63, 3.8) is 0 Å². The van der Waals surface area contributed by atoms with Crippen LogP contribution in [0.4, 0.5) is 0 Å². The van der Waals surface area contributed by atoms with E-state index in [0.717, 1.165) is 13.0 Å². The predicted molar refractivity (Wildman–Crippen MR) is 106 cm³/mol. The smallest absolute Gasteiger partial charge is 0.200 e. The zero-order valence-electron chi connectivity index (χ0n) is 16.0. The van der Waals surface area contributed by atoms with Crippen molar-refractivity contribution in [1.29, 1.82) is 0 Å². The lowest BCUT2D eigenvalue weighted by molar-refractivity contribution is -0.696. The summed E-state index contributed by atoms with van der Waals surface area (Å²) in [6.45, 7) is 3.22. The van der Waals surface area contributed by atoms with Crippen LogP contribution in [0.15, 0.2) is 48.9 Å². The van der Waals surface area contributed by atoms with Crippen LogP contribution in [0.5, 0.6) is 0 Å². The van der Waals surface area contributed by atoms with Crippen LogP contribution in [0.3, 0.4) is 0 Å². The third-order valence-electron chi connectivity index (χ3n) is 4.91. The summed E-state index contributed by atoms with van der Waals surface area (Å²) in [5.74, 6) is 0. The summed E-state index contributed by atoms with van der Waals surface area (Å²) >= 11 is 0. The van der Waals surface area contributed by atoms with Gasteiger partial charge in [-0.25, -0.2) is 0 Å². The van der Waals surface area contributed by atoms with Crippen LogP contribution >= 0.6 is 0 Å². The molecular weight excluding hydrogens is 304 g/mol. The normalized spacial score (nSPS) is 10.9. The van der Waals surface area contributed by atoms with Crippen molar-refractivity contribution in [2.24, 2.45) is 0 Å². The number of aryl methyl sites for hydroxylation is 1. The highest BCUT2D eigenvalue weighted by Gasteiger charge is 2.10. The maximum atomic E-state index is 4.33. The molecule has 0 saturated heterocycles. The lowest BCUT2D eigenvalue weighted by atomic mass is 10.1. The fourth-order valence-electron chi connectivity index (χ4n) is 3.35. The summed E-state index contributed by atoms with van der Waals surface area (Å²) in [7, 11) is 0. The molecule has 0 aliphatic rings.